The van der Waals surface area contributed by atoms with Gasteiger partial charge < -0.3 is 14.5 Å². The van der Waals surface area contributed by atoms with Crippen molar-refractivity contribution in [2.45, 2.75) is 181 Å². The predicted molar refractivity (Wildman–Crippen MR) is 200 cm³/mol. The molecule has 0 aromatic heterocycles. The zero-order valence-corrected chi connectivity index (χ0v) is 32.4. The van der Waals surface area contributed by atoms with E-state index < -0.39 is 5.97 Å². The van der Waals surface area contributed by atoms with E-state index in [9.17, 15) is 14.4 Å². The molecular weight excluding hydrogens is 625 g/mol. The highest BCUT2D eigenvalue weighted by molar-refractivity contribution is 8.13. The van der Waals surface area contributed by atoms with Gasteiger partial charge in [-0.15, -0.1) is 0 Å². The average molecular weight is 699 g/mol. The highest BCUT2D eigenvalue weighted by Gasteiger charge is 2.23. The van der Waals surface area contributed by atoms with Gasteiger partial charge in [-0.05, 0) is 83.7 Å². The van der Waals surface area contributed by atoms with Crippen molar-refractivity contribution in [3.8, 4) is 0 Å². The van der Waals surface area contributed by atoms with Crippen LogP contribution in [0.15, 0.2) is 0 Å². The molecule has 1 amide bonds. The molecule has 48 heavy (non-hydrogen) atoms. The molecule has 1 aliphatic carbocycles. The first-order valence-electron chi connectivity index (χ1n) is 20.0. The minimum absolute atomic E-state index is 0.00309. The molecule has 0 N–H and O–H groups in total. The third-order valence-electron chi connectivity index (χ3n) is 9.09. The third-order valence-corrected chi connectivity index (χ3v) is 10.1. The van der Waals surface area contributed by atoms with Crippen LogP contribution in [0.2, 0.25) is 0 Å². The van der Waals surface area contributed by atoms with E-state index in [1.54, 1.807) is 4.90 Å². The number of hydrogen-bond donors (Lipinski definition) is 0. The highest BCUT2D eigenvalue weighted by atomic mass is 32.2. The summed E-state index contributed by atoms with van der Waals surface area (Å²) in [4.78, 5) is 52.6. The fourth-order valence-electron chi connectivity index (χ4n) is 5.91. The lowest BCUT2D eigenvalue weighted by Gasteiger charge is -2.23. The van der Waals surface area contributed by atoms with E-state index in [4.69, 9.17) is 14.5 Å². The van der Waals surface area contributed by atoms with Gasteiger partial charge in [-0.2, -0.15) is 4.89 Å². The Kier molecular flexibility index (Phi) is 29.5. The van der Waals surface area contributed by atoms with Crippen molar-refractivity contribution >= 4 is 28.9 Å². The molecule has 0 aromatic carbocycles. The second-order valence-electron chi connectivity index (χ2n) is 14.1. The van der Waals surface area contributed by atoms with Crippen molar-refractivity contribution in [3.63, 3.8) is 0 Å². The van der Waals surface area contributed by atoms with E-state index in [1.807, 2.05) is 0 Å². The number of thioether (sulfide) groups is 1. The molecule has 0 heterocycles. The molecular formula is C39H74N2O6S. The molecule has 0 spiro atoms. The summed E-state index contributed by atoms with van der Waals surface area (Å²) in [6.07, 6.45) is 24.7. The minimum Gasteiger partial charge on any atom is -0.462 e. The molecule has 1 fully saturated rings. The van der Waals surface area contributed by atoms with Crippen LogP contribution in [-0.4, -0.2) is 78.7 Å². The van der Waals surface area contributed by atoms with Crippen molar-refractivity contribution in [3.05, 3.63) is 0 Å². The maximum absolute atomic E-state index is 13.2. The Morgan fingerprint density at radius 2 is 1.21 bits per heavy atom. The van der Waals surface area contributed by atoms with Gasteiger partial charge in [0.15, 0.2) is 0 Å². The molecule has 8 nitrogen and oxygen atoms in total. The summed E-state index contributed by atoms with van der Waals surface area (Å²) in [5, 5.41) is 0.0157. The van der Waals surface area contributed by atoms with Gasteiger partial charge in [-0.1, -0.05) is 110 Å². The Morgan fingerprint density at radius 1 is 0.667 bits per heavy atom. The molecule has 0 aromatic rings. The second kappa shape index (κ2) is 31.6. The van der Waals surface area contributed by atoms with Crippen LogP contribution in [0.25, 0.3) is 0 Å². The lowest BCUT2D eigenvalue weighted by Crippen LogP contribution is -2.31. The van der Waals surface area contributed by atoms with Crippen LogP contribution in [0.3, 0.4) is 0 Å². The standard InChI is InChI=1S/C39H74N2O6S/c1-5-8-11-14-17-23-36(24-18-15-12-9-6-2)46-37(42)25-20-30-41(39(44)48-33-22-29-40(4)34-35-27-28-35)31-21-26-38(43)47-45-32-19-16-13-10-7-3/h35-36H,5-34H2,1-4H3. The molecule has 0 unspecified atom stereocenters. The lowest BCUT2D eigenvalue weighted by molar-refractivity contribution is -0.272. The summed E-state index contributed by atoms with van der Waals surface area (Å²) >= 11 is 1.35. The van der Waals surface area contributed by atoms with Crippen LogP contribution in [-0.2, 0) is 24.1 Å². The molecule has 1 rings (SSSR count). The van der Waals surface area contributed by atoms with Crippen LogP contribution >= 0.6 is 11.8 Å². The average Bonchev–Trinajstić information content (AvgIpc) is 3.89. The van der Waals surface area contributed by atoms with Crippen molar-refractivity contribution in [2.24, 2.45) is 5.92 Å². The fraction of sp³-hybridized carbons (Fsp3) is 0.923. The topological polar surface area (TPSA) is 85.4 Å². The van der Waals surface area contributed by atoms with Crippen LogP contribution in [0.4, 0.5) is 4.79 Å². The largest absolute Gasteiger partial charge is 0.462 e. The molecule has 0 aliphatic heterocycles. The summed E-state index contributed by atoms with van der Waals surface area (Å²) in [7, 11) is 2.16. The molecule has 0 bridgehead atoms. The summed E-state index contributed by atoms with van der Waals surface area (Å²) < 4.78 is 6.00. The van der Waals surface area contributed by atoms with Gasteiger partial charge in [0.1, 0.15) is 6.10 Å². The van der Waals surface area contributed by atoms with Gasteiger partial charge in [0.25, 0.3) is 5.24 Å². The third kappa shape index (κ3) is 27.5. The van der Waals surface area contributed by atoms with E-state index in [0.717, 1.165) is 69.7 Å². The Labute approximate surface area is 299 Å². The van der Waals surface area contributed by atoms with Crippen LogP contribution in [0, 0.1) is 5.92 Å². The number of amides is 1. The number of rotatable bonds is 34. The number of nitrogens with zero attached hydrogens (tertiary/aromatic N) is 2. The summed E-state index contributed by atoms with van der Waals surface area (Å²) in [5.74, 6) is 1.07. The van der Waals surface area contributed by atoms with Crippen molar-refractivity contribution < 1.29 is 28.9 Å². The van der Waals surface area contributed by atoms with Gasteiger partial charge in [0, 0.05) is 31.8 Å². The molecule has 9 heteroatoms. The zero-order valence-electron chi connectivity index (χ0n) is 31.6. The fourth-order valence-corrected chi connectivity index (χ4v) is 6.73. The summed E-state index contributed by atoms with van der Waals surface area (Å²) in [5.41, 5.74) is 0. The van der Waals surface area contributed by atoms with Gasteiger partial charge in [0.05, 0.1) is 13.0 Å². The Hall–Kier alpha value is -1.32. The first-order chi connectivity index (χ1) is 23.4. The highest BCUT2D eigenvalue weighted by Crippen LogP contribution is 2.29. The van der Waals surface area contributed by atoms with Crippen molar-refractivity contribution in [1.82, 2.24) is 9.80 Å². The van der Waals surface area contributed by atoms with Crippen LogP contribution in [0.1, 0.15) is 175 Å². The number of unbranched alkanes of at least 4 members (excludes halogenated alkanes) is 12. The number of ether oxygens (including phenoxy) is 1. The smallest absolute Gasteiger partial charge is 0.342 e. The van der Waals surface area contributed by atoms with E-state index in [0.29, 0.717) is 39.0 Å². The monoisotopic (exact) mass is 699 g/mol. The predicted octanol–water partition coefficient (Wildman–Crippen LogP) is 10.5. The zero-order chi connectivity index (χ0) is 35.1. The first kappa shape index (κ1) is 44.7. The van der Waals surface area contributed by atoms with Crippen LogP contribution < -0.4 is 0 Å². The molecule has 0 atom stereocenters. The van der Waals surface area contributed by atoms with Gasteiger partial charge in [-0.3, -0.25) is 14.5 Å². The van der Waals surface area contributed by atoms with Gasteiger partial charge in [0.2, 0.25) is 0 Å². The quantitative estimate of drug-likeness (QED) is 0.0284. The van der Waals surface area contributed by atoms with E-state index in [-0.39, 0.29) is 23.7 Å². The SMILES string of the molecule is CCCCCCCOOC(=O)CCCN(CCCC(=O)OC(CCCCCCC)CCCCCCC)C(=O)SCCCN(C)CC1CC1. The Morgan fingerprint density at radius 3 is 1.77 bits per heavy atom. The number of hydrogen-bond acceptors (Lipinski definition) is 8. The number of carbonyl (C=O) groups is 3. The first-order valence-corrected chi connectivity index (χ1v) is 21.0. The molecule has 282 valence electrons. The molecule has 0 saturated heterocycles. The Bertz CT molecular complexity index is 782. The molecule has 1 aliphatic rings. The Balaban J connectivity index is 2.51. The number of esters is 1. The summed E-state index contributed by atoms with van der Waals surface area (Å²) in [6, 6.07) is 0. The minimum atomic E-state index is -0.402. The van der Waals surface area contributed by atoms with Crippen molar-refractivity contribution in [2.75, 3.05) is 45.6 Å². The van der Waals surface area contributed by atoms with E-state index in [1.165, 1.54) is 95.2 Å². The summed E-state index contributed by atoms with van der Waals surface area (Å²) in [6.45, 7) is 10.1. The van der Waals surface area contributed by atoms with E-state index >= 15 is 0 Å². The molecule has 0 radical (unpaired) electrons. The van der Waals surface area contributed by atoms with E-state index in [2.05, 4.69) is 32.7 Å². The maximum Gasteiger partial charge on any atom is 0.342 e. The van der Waals surface area contributed by atoms with Gasteiger partial charge >= 0.3 is 11.9 Å². The van der Waals surface area contributed by atoms with Crippen LogP contribution in [0.5, 0.6) is 0 Å². The number of carbonyl (C=O) groups excluding carboxylic acids is 3. The van der Waals surface area contributed by atoms with Gasteiger partial charge in [-0.25, -0.2) is 4.79 Å². The lowest BCUT2D eigenvalue weighted by atomic mass is 10.0. The maximum atomic E-state index is 13.2. The molecule has 1 saturated carbocycles. The normalized spacial score (nSPS) is 13.0. The second-order valence-corrected chi connectivity index (χ2v) is 15.1. The van der Waals surface area contributed by atoms with Crippen molar-refractivity contribution in [1.29, 1.82) is 0 Å².